The summed E-state index contributed by atoms with van der Waals surface area (Å²) in [7, 11) is 0. The van der Waals surface area contributed by atoms with Crippen molar-refractivity contribution < 1.29 is 0 Å². The second kappa shape index (κ2) is 14.3. The van der Waals surface area contributed by atoms with E-state index in [2.05, 4.69) is 228 Å². The van der Waals surface area contributed by atoms with Gasteiger partial charge >= 0.3 is 0 Å². The third-order valence-corrected chi connectivity index (χ3v) is 11.9. The van der Waals surface area contributed by atoms with Gasteiger partial charge in [0.25, 0.3) is 0 Å². The van der Waals surface area contributed by atoms with Crippen LogP contribution in [0.15, 0.2) is 218 Å². The van der Waals surface area contributed by atoms with Crippen LogP contribution in [0.1, 0.15) is 22.3 Å². The van der Waals surface area contributed by atoms with E-state index in [9.17, 15) is 0 Å². The average Bonchev–Trinajstić information content (AvgIpc) is 3.62. The third-order valence-electron chi connectivity index (χ3n) is 11.9. The first-order chi connectivity index (χ1) is 28.8. The summed E-state index contributed by atoms with van der Waals surface area (Å²) < 4.78 is 2.39. The molecule has 0 aliphatic heterocycles. The summed E-state index contributed by atoms with van der Waals surface area (Å²) in [6, 6.07) is 80.1. The van der Waals surface area contributed by atoms with Crippen LogP contribution in [-0.2, 0) is 12.8 Å². The van der Waals surface area contributed by atoms with Crippen LogP contribution in [0.4, 0.5) is 17.1 Å². The Balaban J connectivity index is 1.08. The molecule has 0 N–H and O–H groups in total. The van der Waals surface area contributed by atoms with Crippen LogP contribution >= 0.6 is 0 Å². The zero-order chi connectivity index (χ0) is 38.4. The number of aromatic nitrogens is 1. The molecule has 2 heteroatoms. The Morgan fingerprint density at radius 3 is 1.29 bits per heavy atom. The van der Waals surface area contributed by atoms with Crippen molar-refractivity contribution in [2.24, 2.45) is 0 Å². The summed E-state index contributed by atoms with van der Waals surface area (Å²) in [5.74, 6) is 0. The van der Waals surface area contributed by atoms with Gasteiger partial charge in [-0.2, -0.15) is 0 Å². The van der Waals surface area contributed by atoms with Gasteiger partial charge < -0.3 is 9.47 Å². The summed E-state index contributed by atoms with van der Waals surface area (Å²) in [5.41, 5.74) is 19.9. The molecule has 10 aromatic rings. The van der Waals surface area contributed by atoms with Gasteiger partial charge in [-0.1, -0.05) is 158 Å². The van der Waals surface area contributed by atoms with Crippen LogP contribution < -0.4 is 4.90 Å². The average molecular weight is 741 g/mol. The van der Waals surface area contributed by atoms with E-state index >= 15 is 0 Å². The first-order valence-corrected chi connectivity index (χ1v) is 20.2. The van der Waals surface area contributed by atoms with Crippen molar-refractivity contribution in [3.8, 4) is 39.1 Å². The minimum Gasteiger partial charge on any atom is -0.310 e. The van der Waals surface area contributed by atoms with Crippen LogP contribution in [0.3, 0.4) is 0 Å². The van der Waals surface area contributed by atoms with Crippen molar-refractivity contribution in [3.63, 3.8) is 0 Å². The van der Waals surface area contributed by atoms with E-state index in [0.717, 1.165) is 35.6 Å². The first kappa shape index (κ1) is 33.9. The number of benzene rings is 9. The Morgan fingerprint density at radius 2 is 0.724 bits per heavy atom. The summed E-state index contributed by atoms with van der Waals surface area (Å²) in [6.07, 6.45) is 1.69. The molecule has 0 amide bonds. The number of anilines is 3. The van der Waals surface area contributed by atoms with E-state index in [1.54, 1.807) is 0 Å². The lowest BCUT2D eigenvalue weighted by Crippen LogP contribution is -2.11. The van der Waals surface area contributed by atoms with Crippen molar-refractivity contribution in [1.29, 1.82) is 0 Å². The van der Waals surface area contributed by atoms with Gasteiger partial charge in [-0.3, -0.25) is 0 Å². The van der Waals surface area contributed by atoms with E-state index in [4.69, 9.17) is 0 Å². The van der Waals surface area contributed by atoms with E-state index in [1.807, 2.05) is 0 Å². The van der Waals surface area contributed by atoms with Crippen LogP contribution in [0, 0.1) is 0 Å². The molecule has 0 spiro atoms. The van der Waals surface area contributed by atoms with Gasteiger partial charge in [0.1, 0.15) is 0 Å². The molecule has 2 nitrogen and oxygen atoms in total. The Kier molecular flexibility index (Phi) is 8.33. The summed E-state index contributed by atoms with van der Waals surface area (Å²) in [5, 5.41) is 2.53. The van der Waals surface area contributed by atoms with Gasteiger partial charge in [0, 0.05) is 33.5 Å². The molecule has 1 aliphatic carbocycles. The normalized spacial score (nSPS) is 12.0. The molecule has 0 unspecified atom stereocenters. The molecule has 11 rings (SSSR count). The van der Waals surface area contributed by atoms with Crippen LogP contribution in [0.2, 0.25) is 0 Å². The first-order valence-electron chi connectivity index (χ1n) is 20.2. The van der Waals surface area contributed by atoms with Gasteiger partial charge in [0.15, 0.2) is 0 Å². The Labute approximate surface area is 339 Å². The molecule has 0 bridgehead atoms. The molecule has 0 fully saturated rings. The van der Waals surface area contributed by atoms with Crippen molar-refractivity contribution in [2.75, 3.05) is 4.90 Å². The molecule has 0 radical (unpaired) electrons. The topological polar surface area (TPSA) is 8.17 Å². The maximum atomic E-state index is 2.43. The van der Waals surface area contributed by atoms with E-state index in [-0.39, 0.29) is 0 Å². The van der Waals surface area contributed by atoms with E-state index in [0.29, 0.717) is 0 Å². The molecule has 58 heavy (non-hydrogen) atoms. The van der Waals surface area contributed by atoms with Gasteiger partial charge in [0.2, 0.25) is 0 Å². The number of fused-ring (bicyclic) bond motifs is 9. The molecular weight excluding hydrogens is 701 g/mol. The maximum Gasteiger partial charge on any atom is 0.0541 e. The monoisotopic (exact) mass is 740 g/mol. The molecule has 1 aliphatic rings. The van der Waals surface area contributed by atoms with Crippen LogP contribution in [-0.4, -0.2) is 4.57 Å². The summed E-state index contributed by atoms with van der Waals surface area (Å²) in [4.78, 5) is 2.41. The van der Waals surface area contributed by atoms with E-state index < -0.39 is 0 Å². The quantitative estimate of drug-likeness (QED) is 0.171. The fraction of sp³-hybridized carbons (Fsp3) is 0.0357. The highest BCUT2D eigenvalue weighted by molar-refractivity contribution is 6.09. The fourth-order valence-electron chi connectivity index (χ4n) is 9.18. The molecule has 0 atom stereocenters. The van der Waals surface area contributed by atoms with Gasteiger partial charge in [0.05, 0.1) is 11.0 Å². The van der Waals surface area contributed by atoms with Crippen LogP contribution in [0.25, 0.3) is 60.9 Å². The third kappa shape index (κ3) is 5.90. The number of rotatable bonds is 5. The molecule has 1 aromatic heterocycles. The largest absolute Gasteiger partial charge is 0.310 e. The zero-order valence-corrected chi connectivity index (χ0v) is 32.1. The van der Waals surface area contributed by atoms with Crippen molar-refractivity contribution >= 4 is 38.9 Å². The van der Waals surface area contributed by atoms with E-state index in [1.165, 1.54) is 77.4 Å². The second-order valence-corrected chi connectivity index (χ2v) is 15.3. The number of nitrogens with zero attached hydrogens (tertiary/aromatic N) is 2. The molecule has 274 valence electrons. The minimum atomic E-state index is 0.815. The van der Waals surface area contributed by atoms with Gasteiger partial charge in [-0.15, -0.1) is 0 Å². The maximum absolute atomic E-state index is 2.43. The number of para-hydroxylation sites is 2. The highest BCUT2D eigenvalue weighted by Crippen LogP contribution is 2.42. The highest BCUT2D eigenvalue weighted by Gasteiger charge is 2.21. The Morgan fingerprint density at radius 1 is 0.310 bits per heavy atom. The van der Waals surface area contributed by atoms with Gasteiger partial charge in [-0.05, 0) is 129 Å². The molecule has 0 saturated carbocycles. The fourth-order valence-corrected chi connectivity index (χ4v) is 9.18. The molecule has 9 aromatic carbocycles. The minimum absolute atomic E-state index is 0.815. The zero-order valence-electron chi connectivity index (χ0n) is 32.1. The van der Waals surface area contributed by atoms with Crippen molar-refractivity contribution in [3.05, 3.63) is 241 Å². The lowest BCUT2D eigenvalue weighted by molar-refractivity contribution is 1.14. The SMILES string of the molecule is c1ccc(-c2ccc(N(c3ccc(-n4c5ccccc5c5ccccc54)cc3)c3ccc4c(c3)Cc3ccccc3-c3ccccc3Cc3ccccc3-4)cc2)cc1. The molecular formula is C56H40N2. The number of hydrogen-bond donors (Lipinski definition) is 0. The smallest absolute Gasteiger partial charge is 0.0541 e. The summed E-state index contributed by atoms with van der Waals surface area (Å²) >= 11 is 0. The lowest BCUT2D eigenvalue weighted by Gasteiger charge is -2.28. The predicted molar refractivity (Wildman–Crippen MR) is 244 cm³/mol. The Bertz CT molecular complexity index is 3050. The van der Waals surface area contributed by atoms with Crippen molar-refractivity contribution in [1.82, 2.24) is 4.57 Å². The van der Waals surface area contributed by atoms with Crippen LogP contribution in [0.5, 0.6) is 0 Å². The predicted octanol–water partition coefficient (Wildman–Crippen LogP) is 14.7. The molecule has 0 saturated heterocycles. The van der Waals surface area contributed by atoms with Gasteiger partial charge in [-0.25, -0.2) is 0 Å². The highest BCUT2D eigenvalue weighted by atomic mass is 15.1. The number of hydrogen-bond acceptors (Lipinski definition) is 1. The van der Waals surface area contributed by atoms with Crippen molar-refractivity contribution in [2.45, 2.75) is 12.8 Å². The Hall–Kier alpha value is -7.42. The summed E-state index contributed by atoms with van der Waals surface area (Å²) in [6.45, 7) is 0. The second-order valence-electron chi connectivity index (χ2n) is 15.3. The lowest BCUT2D eigenvalue weighted by atomic mass is 9.84. The molecule has 1 heterocycles. The standard InChI is InChI=1S/C56H40N2/c1-2-14-39(15-3-1)40-26-28-45(29-27-40)57(46-30-32-47(33-31-46)58-55-24-12-10-22-53(55)54-23-11-13-25-56(54)58)48-34-35-52-44(38-48)37-43-18-6-8-20-50(43)49-19-7-4-16-41(49)36-42-17-5-9-21-51(42)52/h1-35,38H,36-37H2.